The minimum absolute atomic E-state index is 0.0502. The molecule has 8 nitrogen and oxygen atoms in total. The lowest BCUT2D eigenvalue weighted by Crippen LogP contribution is -2.29. The molecule has 0 aliphatic heterocycles. The molecule has 0 saturated carbocycles. The highest BCUT2D eigenvalue weighted by Gasteiger charge is 2.09. The molecule has 2 aromatic heterocycles. The van der Waals surface area contributed by atoms with Crippen LogP contribution in [0.25, 0.3) is 10.7 Å². The largest absolute Gasteiger partial charge is 0.382 e. The van der Waals surface area contributed by atoms with Gasteiger partial charge in [-0.05, 0) is 16.7 Å². The van der Waals surface area contributed by atoms with Gasteiger partial charge >= 0.3 is 0 Å². The summed E-state index contributed by atoms with van der Waals surface area (Å²) in [5.41, 5.74) is 2.27. The second kappa shape index (κ2) is 6.92. The number of thiophene rings is 1. The van der Waals surface area contributed by atoms with E-state index < -0.39 is 0 Å². The zero-order valence-corrected chi connectivity index (χ0v) is 11.1. The van der Waals surface area contributed by atoms with Crippen molar-refractivity contribution in [2.75, 3.05) is 20.3 Å². The number of carbonyl (C=O) groups is 1. The first-order chi connectivity index (χ1) is 9.29. The van der Waals surface area contributed by atoms with Crippen LogP contribution in [0.1, 0.15) is 0 Å². The number of nitrogens with one attached hydrogen (secondary N) is 1. The Bertz CT molecular complexity index is 513. The summed E-state index contributed by atoms with van der Waals surface area (Å²) in [5, 5.41) is 13.7. The predicted molar refractivity (Wildman–Crippen MR) is 67.1 cm³/mol. The molecule has 0 saturated heterocycles. The Balaban J connectivity index is 1.81. The van der Waals surface area contributed by atoms with Crippen molar-refractivity contribution in [1.82, 2.24) is 25.7 Å². The highest BCUT2D eigenvalue weighted by atomic mass is 32.1. The summed E-state index contributed by atoms with van der Waals surface area (Å²) in [7, 11) is 1.55. The Morgan fingerprint density at radius 3 is 3.16 bits per heavy atom. The maximum absolute atomic E-state index is 11.5. The molecule has 0 aromatic carbocycles. The smallest absolute Gasteiger partial charge is 0.267 e. The van der Waals surface area contributed by atoms with Gasteiger partial charge in [0, 0.05) is 7.11 Å². The van der Waals surface area contributed by atoms with E-state index >= 15 is 0 Å². The average Bonchev–Trinajstić information content (AvgIpc) is 3.04. The fourth-order valence-electron chi connectivity index (χ4n) is 1.23. The van der Waals surface area contributed by atoms with Gasteiger partial charge in [0.25, 0.3) is 5.91 Å². The van der Waals surface area contributed by atoms with E-state index in [1.165, 1.54) is 16.1 Å². The van der Waals surface area contributed by atoms with E-state index in [-0.39, 0.29) is 19.1 Å². The average molecular weight is 283 g/mol. The van der Waals surface area contributed by atoms with E-state index in [4.69, 9.17) is 9.57 Å². The van der Waals surface area contributed by atoms with E-state index in [1.54, 1.807) is 7.11 Å². The number of tetrazole rings is 1. The van der Waals surface area contributed by atoms with Crippen LogP contribution in [-0.2, 0) is 20.9 Å². The van der Waals surface area contributed by atoms with Crippen molar-refractivity contribution >= 4 is 17.2 Å². The van der Waals surface area contributed by atoms with Crippen molar-refractivity contribution in [3.8, 4) is 10.7 Å². The molecular weight excluding hydrogens is 270 g/mol. The summed E-state index contributed by atoms with van der Waals surface area (Å²) in [6.45, 7) is 0.642. The second-order valence-corrected chi connectivity index (χ2v) is 4.43. The maximum Gasteiger partial charge on any atom is 0.267 e. The number of nitrogens with zero attached hydrogens (tertiary/aromatic N) is 4. The van der Waals surface area contributed by atoms with Gasteiger partial charge in [0.15, 0.2) is 0 Å². The predicted octanol–water partition coefficient (Wildman–Crippen LogP) is 0.0958. The molecule has 9 heteroatoms. The van der Waals surface area contributed by atoms with Gasteiger partial charge in [-0.25, -0.2) is 5.48 Å². The van der Waals surface area contributed by atoms with Crippen LogP contribution in [0.5, 0.6) is 0 Å². The standard InChI is InChI=1S/C10H13N5O3S/c1-17-4-5-18-13-9(16)7-15-12-10(11-14-15)8-3-2-6-19-8/h2-3,6H,4-5,7H2,1H3,(H,13,16). The fraction of sp³-hybridized carbons (Fsp3) is 0.400. The monoisotopic (exact) mass is 283 g/mol. The minimum atomic E-state index is -0.355. The van der Waals surface area contributed by atoms with Gasteiger partial charge < -0.3 is 4.74 Å². The van der Waals surface area contributed by atoms with Crippen LogP contribution >= 0.6 is 11.3 Å². The first kappa shape index (κ1) is 13.6. The zero-order chi connectivity index (χ0) is 13.5. The van der Waals surface area contributed by atoms with Crippen molar-refractivity contribution < 1.29 is 14.4 Å². The molecule has 0 aliphatic rings. The van der Waals surface area contributed by atoms with Gasteiger partial charge in [0.05, 0.1) is 18.1 Å². The van der Waals surface area contributed by atoms with Gasteiger partial charge in [-0.2, -0.15) is 4.80 Å². The van der Waals surface area contributed by atoms with Gasteiger partial charge in [0.1, 0.15) is 6.54 Å². The van der Waals surface area contributed by atoms with Gasteiger partial charge in [0.2, 0.25) is 5.82 Å². The minimum Gasteiger partial charge on any atom is -0.382 e. The Morgan fingerprint density at radius 2 is 2.42 bits per heavy atom. The number of hydroxylamine groups is 1. The quantitative estimate of drug-likeness (QED) is 0.572. The maximum atomic E-state index is 11.5. The summed E-state index contributed by atoms with van der Waals surface area (Å²) < 4.78 is 4.77. The van der Waals surface area contributed by atoms with E-state index in [1.807, 2.05) is 17.5 Å². The number of rotatable bonds is 7. The molecule has 19 heavy (non-hydrogen) atoms. The highest BCUT2D eigenvalue weighted by molar-refractivity contribution is 7.13. The Labute approximate surface area is 113 Å². The van der Waals surface area contributed by atoms with E-state index in [0.29, 0.717) is 12.4 Å². The number of amides is 1. The molecule has 0 aliphatic carbocycles. The zero-order valence-electron chi connectivity index (χ0n) is 10.3. The first-order valence-electron chi connectivity index (χ1n) is 5.51. The number of hydrogen-bond donors (Lipinski definition) is 1. The number of methoxy groups -OCH3 is 1. The molecule has 0 fully saturated rings. The van der Waals surface area contributed by atoms with Crippen LogP contribution in [0.15, 0.2) is 17.5 Å². The molecule has 0 atom stereocenters. The van der Waals surface area contributed by atoms with E-state index in [0.717, 1.165) is 4.88 Å². The van der Waals surface area contributed by atoms with Gasteiger partial charge in [-0.15, -0.1) is 21.5 Å². The van der Waals surface area contributed by atoms with Crippen molar-refractivity contribution in [2.45, 2.75) is 6.54 Å². The molecule has 2 rings (SSSR count). The van der Waals surface area contributed by atoms with Crippen molar-refractivity contribution in [3.05, 3.63) is 17.5 Å². The molecule has 1 amide bonds. The lowest BCUT2D eigenvalue weighted by Gasteiger charge is -2.03. The van der Waals surface area contributed by atoms with Crippen LogP contribution in [0, 0.1) is 0 Å². The molecule has 102 valence electrons. The van der Waals surface area contributed by atoms with E-state index in [2.05, 4.69) is 20.9 Å². The molecule has 0 radical (unpaired) electrons. The summed E-state index contributed by atoms with van der Waals surface area (Å²) in [6, 6.07) is 3.79. The third-order valence-corrected chi connectivity index (χ3v) is 2.92. The summed E-state index contributed by atoms with van der Waals surface area (Å²) in [4.78, 5) is 18.5. The molecule has 0 bridgehead atoms. The number of carbonyl (C=O) groups excluding carboxylic acids is 1. The molecule has 2 aromatic rings. The molecule has 1 N–H and O–H groups in total. The van der Waals surface area contributed by atoms with Gasteiger partial charge in [-0.3, -0.25) is 9.63 Å². The Kier molecular flexibility index (Phi) is 4.95. The SMILES string of the molecule is COCCONC(=O)Cn1nnc(-c2cccs2)n1. The van der Waals surface area contributed by atoms with Crippen LogP contribution in [0.2, 0.25) is 0 Å². The summed E-state index contributed by atoms with van der Waals surface area (Å²) in [6.07, 6.45) is 0. The lowest BCUT2D eigenvalue weighted by atomic mass is 10.5. The number of aromatic nitrogens is 4. The first-order valence-corrected chi connectivity index (χ1v) is 6.39. The Morgan fingerprint density at radius 1 is 1.53 bits per heavy atom. The summed E-state index contributed by atoms with van der Waals surface area (Å²) >= 11 is 1.51. The molecule has 2 heterocycles. The second-order valence-electron chi connectivity index (χ2n) is 3.49. The van der Waals surface area contributed by atoms with Crippen LogP contribution in [-0.4, -0.2) is 46.4 Å². The number of ether oxygens (including phenoxy) is 1. The van der Waals surface area contributed by atoms with Crippen molar-refractivity contribution in [3.63, 3.8) is 0 Å². The Hall–Kier alpha value is -1.84. The van der Waals surface area contributed by atoms with Crippen LogP contribution in [0.4, 0.5) is 0 Å². The lowest BCUT2D eigenvalue weighted by molar-refractivity contribution is -0.135. The number of hydrogen-bond acceptors (Lipinski definition) is 7. The van der Waals surface area contributed by atoms with Crippen LogP contribution < -0.4 is 5.48 Å². The van der Waals surface area contributed by atoms with Crippen LogP contribution in [0.3, 0.4) is 0 Å². The fourth-order valence-corrected chi connectivity index (χ4v) is 1.88. The summed E-state index contributed by atoms with van der Waals surface area (Å²) in [5.74, 6) is 0.148. The highest BCUT2D eigenvalue weighted by Crippen LogP contribution is 2.19. The van der Waals surface area contributed by atoms with Gasteiger partial charge in [-0.1, -0.05) is 6.07 Å². The normalized spacial score (nSPS) is 10.6. The molecule has 0 unspecified atom stereocenters. The topological polar surface area (TPSA) is 91.2 Å². The molecule has 0 spiro atoms. The van der Waals surface area contributed by atoms with E-state index in [9.17, 15) is 4.79 Å². The third kappa shape index (κ3) is 4.09. The van der Waals surface area contributed by atoms with Crippen molar-refractivity contribution in [2.24, 2.45) is 0 Å². The molecular formula is C10H13N5O3S. The van der Waals surface area contributed by atoms with Crippen molar-refractivity contribution in [1.29, 1.82) is 0 Å². The third-order valence-electron chi connectivity index (χ3n) is 2.05.